The van der Waals surface area contributed by atoms with E-state index in [4.69, 9.17) is 9.72 Å². The zero-order valence-corrected chi connectivity index (χ0v) is 18.6. The summed E-state index contributed by atoms with van der Waals surface area (Å²) in [5.74, 6) is 2.53. The molecule has 1 fully saturated rings. The highest BCUT2D eigenvalue weighted by Crippen LogP contribution is 2.33. The Labute approximate surface area is 182 Å². The Morgan fingerprint density at radius 1 is 1.10 bits per heavy atom. The standard InChI is InChI=1S/C25H28N2O2S/c1-17-11-18(2)15-27(14-17)25(28)16-30-24-13-22(19-7-5-4-6-8-19)21-10-9-20(29-3)12-23(21)26-24/h4-10,12-13,17-18H,11,14-16H2,1-3H3/t17-,18+. The van der Waals surface area contributed by atoms with Gasteiger partial charge in [0.2, 0.25) is 5.91 Å². The van der Waals surface area contributed by atoms with Gasteiger partial charge in [0.25, 0.3) is 0 Å². The Morgan fingerprint density at radius 2 is 1.83 bits per heavy atom. The van der Waals surface area contributed by atoms with E-state index < -0.39 is 0 Å². The molecule has 30 heavy (non-hydrogen) atoms. The van der Waals surface area contributed by atoms with Gasteiger partial charge in [0.15, 0.2) is 0 Å². The topological polar surface area (TPSA) is 42.4 Å². The van der Waals surface area contributed by atoms with Crippen molar-refractivity contribution in [2.75, 3.05) is 26.0 Å². The molecule has 0 aliphatic carbocycles. The number of methoxy groups -OCH3 is 1. The van der Waals surface area contributed by atoms with Gasteiger partial charge in [0.1, 0.15) is 5.75 Å². The van der Waals surface area contributed by atoms with E-state index in [2.05, 4.69) is 38.1 Å². The van der Waals surface area contributed by atoms with E-state index >= 15 is 0 Å². The highest BCUT2D eigenvalue weighted by molar-refractivity contribution is 7.99. The van der Waals surface area contributed by atoms with Gasteiger partial charge in [0.05, 0.1) is 23.4 Å². The molecule has 1 aliphatic heterocycles. The van der Waals surface area contributed by atoms with Crippen molar-refractivity contribution in [2.45, 2.75) is 25.3 Å². The number of piperidine rings is 1. The van der Waals surface area contributed by atoms with Gasteiger partial charge in [-0.05, 0) is 47.6 Å². The first-order valence-corrected chi connectivity index (χ1v) is 11.5. The molecule has 4 nitrogen and oxygen atoms in total. The number of benzene rings is 2. The number of nitrogens with zero attached hydrogens (tertiary/aromatic N) is 2. The molecule has 0 radical (unpaired) electrons. The summed E-state index contributed by atoms with van der Waals surface area (Å²) in [4.78, 5) is 19.7. The highest BCUT2D eigenvalue weighted by Gasteiger charge is 2.25. The van der Waals surface area contributed by atoms with Crippen LogP contribution in [0.1, 0.15) is 20.3 Å². The molecule has 2 atom stereocenters. The fourth-order valence-corrected chi connectivity index (χ4v) is 5.15. The second-order valence-corrected chi connectivity index (χ2v) is 9.29. The maximum absolute atomic E-state index is 12.8. The molecule has 2 heterocycles. The molecule has 2 aromatic carbocycles. The van der Waals surface area contributed by atoms with Crippen LogP contribution in [0.3, 0.4) is 0 Å². The third kappa shape index (κ3) is 4.62. The van der Waals surface area contributed by atoms with Crippen LogP contribution in [-0.2, 0) is 4.79 Å². The van der Waals surface area contributed by atoms with Crippen LogP contribution in [0, 0.1) is 11.8 Å². The lowest BCUT2D eigenvalue weighted by Crippen LogP contribution is -2.43. The first-order chi connectivity index (χ1) is 14.5. The number of carbonyl (C=O) groups is 1. The largest absolute Gasteiger partial charge is 0.497 e. The fraction of sp³-hybridized carbons (Fsp3) is 0.360. The van der Waals surface area contributed by atoms with Crippen LogP contribution in [0.15, 0.2) is 59.6 Å². The normalized spacial score (nSPS) is 19.1. The van der Waals surface area contributed by atoms with Crippen LogP contribution in [0.25, 0.3) is 22.0 Å². The number of thioether (sulfide) groups is 1. The number of rotatable bonds is 5. The Kier molecular flexibility index (Phi) is 6.28. The van der Waals surface area contributed by atoms with Gasteiger partial charge in [-0.1, -0.05) is 55.9 Å². The van der Waals surface area contributed by atoms with Gasteiger partial charge in [-0.3, -0.25) is 4.79 Å². The molecule has 156 valence electrons. The third-order valence-electron chi connectivity index (χ3n) is 5.64. The predicted molar refractivity (Wildman–Crippen MR) is 124 cm³/mol. The van der Waals surface area contributed by atoms with Crippen molar-refractivity contribution in [2.24, 2.45) is 11.8 Å². The molecule has 3 aromatic rings. The number of hydrogen-bond acceptors (Lipinski definition) is 4. The summed E-state index contributed by atoms with van der Waals surface area (Å²) in [5, 5.41) is 1.94. The number of pyridine rings is 1. The summed E-state index contributed by atoms with van der Waals surface area (Å²) in [5.41, 5.74) is 3.14. The summed E-state index contributed by atoms with van der Waals surface area (Å²) in [6.45, 7) is 6.18. The fourth-order valence-electron chi connectivity index (χ4n) is 4.33. The van der Waals surface area contributed by atoms with Crippen molar-refractivity contribution in [3.8, 4) is 16.9 Å². The lowest BCUT2D eigenvalue weighted by atomic mass is 9.92. The minimum atomic E-state index is 0.201. The number of likely N-dealkylation sites (tertiary alicyclic amines) is 1. The van der Waals surface area contributed by atoms with E-state index in [9.17, 15) is 4.79 Å². The average Bonchev–Trinajstić information content (AvgIpc) is 2.76. The summed E-state index contributed by atoms with van der Waals surface area (Å²) < 4.78 is 5.40. The molecule has 4 rings (SSSR count). The number of carbonyl (C=O) groups excluding carboxylic acids is 1. The van der Waals surface area contributed by atoms with Crippen molar-refractivity contribution in [3.05, 3.63) is 54.6 Å². The van der Waals surface area contributed by atoms with Crippen molar-refractivity contribution in [1.82, 2.24) is 9.88 Å². The first kappa shape index (κ1) is 20.7. The number of fused-ring (bicyclic) bond motifs is 1. The molecular weight excluding hydrogens is 392 g/mol. The second-order valence-electron chi connectivity index (χ2n) is 8.29. The van der Waals surface area contributed by atoms with Crippen LogP contribution in [-0.4, -0.2) is 41.7 Å². The van der Waals surface area contributed by atoms with E-state index in [1.54, 1.807) is 7.11 Å². The maximum atomic E-state index is 12.8. The van der Waals surface area contributed by atoms with Crippen molar-refractivity contribution >= 4 is 28.6 Å². The molecule has 0 bridgehead atoms. The zero-order valence-electron chi connectivity index (χ0n) is 17.8. The van der Waals surface area contributed by atoms with E-state index in [0.29, 0.717) is 17.6 Å². The number of ether oxygens (including phenoxy) is 1. The molecule has 1 amide bonds. The molecule has 1 aliphatic rings. The Bertz CT molecular complexity index is 1030. The molecule has 5 heteroatoms. The molecule has 1 aromatic heterocycles. The van der Waals surface area contributed by atoms with Gasteiger partial charge >= 0.3 is 0 Å². The SMILES string of the molecule is COc1ccc2c(-c3ccccc3)cc(SCC(=O)N3C[C@H](C)C[C@H](C)C3)nc2c1. The first-order valence-electron chi connectivity index (χ1n) is 10.5. The van der Waals surface area contributed by atoms with Gasteiger partial charge in [0, 0.05) is 24.5 Å². The Hall–Kier alpha value is -2.53. The Morgan fingerprint density at radius 3 is 2.53 bits per heavy atom. The molecule has 0 saturated carbocycles. The number of aromatic nitrogens is 1. The van der Waals surface area contributed by atoms with Crippen molar-refractivity contribution in [3.63, 3.8) is 0 Å². The monoisotopic (exact) mass is 420 g/mol. The van der Waals surface area contributed by atoms with Crippen LogP contribution in [0.4, 0.5) is 0 Å². The lowest BCUT2D eigenvalue weighted by molar-refractivity contribution is -0.130. The number of amides is 1. The van der Waals surface area contributed by atoms with Crippen LogP contribution >= 0.6 is 11.8 Å². The van der Waals surface area contributed by atoms with Crippen LogP contribution in [0.2, 0.25) is 0 Å². The van der Waals surface area contributed by atoms with Crippen LogP contribution in [0.5, 0.6) is 5.75 Å². The minimum Gasteiger partial charge on any atom is -0.497 e. The molecule has 1 saturated heterocycles. The van der Waals surface area contributed by atoms with Gasteiger partial charge in [-0.15, -0.1) is 0 Å². The molecule has 0 unspecified atom stereocenters. The molecule has 0 spiro atoms. The smallest absolute Gasteiger partial charge is 0.233 e. The van der Waals surface area contributed by atoms with E-state index in [-0.39, 0.29) is 5.91 Å². The lowest BCUT2D eigenvalue weighted by Gasteiger charge is -2.35. The van der Waals surface area contributed by atoms with Crippen molar-refractivity contribution in [1.29, 1.82) is 0 Å². The second kappa shape index (κ2) is 9.09. The summed E-state index contributed by atoms with van der Waals surface area (Å²) in [6.07, 6.45) is 1.20. The number of hydrogen-bond donors (Lipinski definition) is 0. The van der Waals surface area contributed by atoms with Crippen LogP contribution < -0.4 is 4.74 Å². The Balaban J connectivity index is 1.61. The summed E-state index contributed by atoms with van der Waals surface area (Å²) in [6, 6.07) is 18.4. The third-order valence-corrected chi connectivity index (χ3v) is 6.54. The van der Waals surface area contributed by atoms with Crippen molar-refractivity contribution < 1.29 is 9.53 Å². The van der Waals surface area contributed by atoms with E-state index in [1.165, 1.54) is 18.2 Å². The van der Waals surface area contributed by atoms with Gasteiger partial charge < -0.3 is 9.64 Å². The van der Waals surface area contributed by atoms with Gasteiger partial charge in [-0.25, -0.2) is 4.98 Å². The highest BCUT2D eigenvalue weighted by atomic mass is 32.2. The molecular formula is C25H28N2O2S. The quantitative estimate of drug-likeness (QED) is 0.511. The van der Waals surface area contributed by atoms with Gasteiger partial charge in [-0.2, -0.15) is 0 Å². The minimum absolute atomic E-state index is 0.201. The summed E-state index contributed by atoms with van der Waals surface area (Å²) >= 11 is 1.52. The van der Waals surface area contributed by atoms with E-state index in [0.717, 1.165) is 45.9 Å². The zero-order chi connectivity index (χ0) is 21.1. The molecule has 0 N–H and O–H groups in total. The average molecular weight is 421 g/mol. The maximum Gasteiger partial charge on any atom is 0.233 e. The summed E-state index contributed by atoms with van der Waals surface area (Å²) in [7, 11) is 1.66. The predicted octanol–water partition coefficient (Wildman–Crippen LogP) is 5.51. The van der Waals surface area contributed by atoms with E-state index in [1.807, 2.05) is 35.2 Å².